The van der Waals surface area contributed by atoms with E-state index in [0.29, 0.717) is 19.4 Å². The molecule has 0 atom stereocenters. The van der Waals surface area contributed by atoms with Gasteiger partial charge in [0, 0.05) is 13.1 Å². The van der Waals surface area contributed by atoms with E-state index >= 15 is 0 Å². The Bertz CT molecular complexity index is 456. The zero-order valence-electron chi connectivity index (χ0n) is 14.2. The molecule has 0 aromatic rings. The van der Waals surface area contributed by atoms with Crippen LogP contribution in [0, 0.1) is 0 Å². The first kappa shape index (κ1) is 17.7. The average Bonchev–Trinajstić information content (AvgIpc) is 2.76. The zero-order chi connectivity index (χ0) is 16.9. The molecule has 1 heterocycles. The molecule has 0 bridgehead atoms. The molecule has 130 valence electrons. The van der Waals surface area contributed by atoms with Gasteiger partial charge in [-0.2, -0.15) is 0 Å². The van der Waals surface area contributed by atoms with Crippen LogP contribution in [0.15, 0.2) is 0 Å². The van der Waals surface area contributed by atoms with E-state index in [9.17, 15) is 14.4 Å². The second-order valence-electron chi connectivity index (χ2n) is 6.34. The van der Waals surface area contributed by atoms with Crippen LogP contribution < -0.4 is 10.6 Å². The van der Waals surface area contributed by atoms with Crippen molar-refractivity contribution in [2.45, 2.75) is 51.5 Å². The minimum atomic E-state index is -0.753. The highest BCUT2D eigenvalue weighted by Gasteiger charge is 2.51. The standard InChI is InChI=1S/C16H28N4O3/c1-3-19(4-2)11-10-17-13(21)12-20-14(22)16(18-15(20)23)8-6-5-7-9-16/h3-12H2,1-2H3,(H,17,21)(H,18,23). The van der Waals surface area contributed by atoms with E-state index in [1.54, 1.807) is 0 Å². The number of imide groups is 1. The van der Waals surface area contributed by atoms with Gasteiger partial charge >= 0.3 is 6.03 Å². The van der Waals surface area contributed by atoms with Gasteiger partial charge in [0.2, 0.25) is 5.91 Å². The molecule has 0 aromatic heterocycles. The summed E-state index contributed by atoms with van der Waals surface area (Å²) < 4.78 is 0. The van der Waals surface area contributed by atoms with Gasteiger partial charge in [-0.3, -0.25) is 14.5 Å². The normalized spacial score (nSPS) is 20.2. The fourth-order valence-corrected chi connectivity index (χ4v) is 3.41. The van der Waals surface area contributed by atoms with Gasteiger partial charge in [0.1, 0.15) is 12.1 Å². The Kier molecular flexibility index (Phi) is 5.98. The first-order valence-electron chi connectivity index (χ1n) is 8.65. The molecule has 4 amide bonds. The number of amides is 4. The maximum absolute atomic E-state index is 12.6. The molecule has 0 unspecified atom stereocenters. The maximum atomic E-state index is 12.6. The number of hydrogen-bond donors (Lipinski definition) is 2. The van der Waals surface area contributed by atoms with Crippen molar-refractivity contribution in [2.75, 3.05) is 32.7 Å². The van der Waals surface area contributed by atoms with Crippen LogP contribution in [-0.2, 0) is 9.59 Å². The summed E-state index contributed by atoms with van der Waals surface area (Å²) in [6.45, 7) is 7.11. The van der Waals surface area contributed by atoms with Crippen molar-refractivity contribution in [3.63, 3.8) is 0 Å². The minimum Gasteiger partial charge on any atom is -0.353 e. The number of urea groups is 1. The van der Waals surface area contributed by atoms with E-state index in [1.807, 2.05) is 0 Å². The van der Waals surface area contributed by atoms with E-state index in [4.69, 9.17) is 0 Å². The molecular formula is C16H28N4O3. The summed E-state index contributed by atoms with van der Waals surface area (Å²) in [5, 5.41) is 5.60. The molecule has 7 nitrogen and oxygen atoms in total. The van der Waals surface area contributed by atoms with Gasteiger partial charge in [-0.1, -0.05) is 33.1 Å². The van der Waals surface area contributed by atoms with Crippen LogP contribution in [0.3, 0.4) is 0 Å². The first-order chi connectivity index (χ1) is 11.0. The molecule has 2 fully saturated rings. The van der Waals surface area contributed by atoms with E-state index in [-0.39, 0.29) is 18.4 Å². The highest BCUT2D eigenvalue weighted by atomic mass is 16.2. The number of likely N-dealkylation sites (N-methyl/N-ethyl adjacent to an activating group) is 1. The number of carbonyl (C=O) groups excluding carboxylic acids is 3. The van der Waals surface area contributed by atoms with Crippen LogP contribution >= 0.6 is 0 Å². The van der Waals surface area contributed by atoms with Gasteiger partial charge in [-0.25, -0.2) is 4.79 Å². The lowest BCUT2D eigenvalue weighted by Crippen LogP contribution is -2.49. The van der Waals surface area contributed by atoms with Gasteiger partial charge < -0.3 is 15.5 Å². The van der Waals surface area contributed by atoms with E-state index in [1.165, 1.54) is 0 Å². The molecule has 2 rings (SSSR count). The third-order valence-electron chi connectivity index (χ3n) is 4.90. The largest absolute Gasteiger partial charge is 0.353 e. The Morgan fingerprint density at radius 1 is 1.22 bits per heavy atom. The predicted molar refractivity (Wildman–Crippen MR) is 86.9 cm³/mol. The van der Waals surface area contributed by atoms with Crippen LogP contribution in [0.25, 0.3) is 0 Å². The van der Waals surface area contributed by atoms with Crippen molar-refractivity contribution < 1.29 is 14.4 Å². The van der Waals surface area contributed by atoms with Crippen LogP contribution in [0.1, 0.15) is 46.0 Å². The molecule has 1 saturated carbocycles. The summed E-state index contributed by atoms with van der Waals surface area (Å²) in [7, 11) is 0. The first-order valence-corrected chi connectivity index (χ1v) is 8.65. The van der Waals surface area contributed by atoms with Gasteiger partial charge in [0.05, 0.1) is 0 Å². The Morgan fingerprint density at radius 2 is 1.87 bits per heavy atom. The summed E-state index contributed by atoms with van der Waals surface area (Å²) in [5.41, 5.74) is -0.753. The van der Waals surface area contributed by atoms with E-state index < -0.39 is 11.6 Å². The molecule has 0 aromatic carbocycles. The lowest BCUT2D eigenvalue weighted by molar-refractivity contribution is -0.135. The fraction of sp³-hybridized carbons (Fsp3) is 0.812. The molecule has 1 spiro atoms. The lowest BCUT2D eigenvalue weighted by Gasteiger charge is -2.30. The zero-order valence-corrected chi connectivity index (χ0v) is 14.2. The summed E-state index contributed by atoms with van der Waals surface area (Å²) in [6, 6.07) is -0.434. The number of carbonyl (C=O) groups is 3. The SMILES string of the molecule is CCN(CC)CCNC(=O)CN1C(=O)NC2(CCCCC2)C1=O. The topological polar surface area (TPSA) is 81.8 Å². The summed E-state index contributed by atoms with van der Waals surface area (Å²) in [6.07, 6.45) is 4.33. The van der Waals surface area contributed by atoms with E-state index in [2.05, 4.69) is 29.4 Å². The van der Waals surface area contributed by atoms with Crippen molar-refractivity contribution in [2.24, 2.45) is 0 Å². The van der Waals surface area contributed by atoms with Crippen LogP contribution in [-0.4, -0.2) is 65.9 Å². The Morgan fingerprint density at radius 3 is 2.48 bits per heavy atom. The van der Waals surface area contributed by atoms with Gasteiger partial charge in [-0.15, -0.1) is 0 Å². The van der Waals surface area contributed by atoms with Gasteiger partial charge in [0.25, 0.3) is 5.91 Å². The number of nitrogens with zero attached hydrogens (tertiary/aromatic N) is 2. The summed E-state index contributed by atoms with van der Waals surface area (Å²) in [4.78, 5) is 39.9. The molecule has 1 aliphatic carbocycles. The Hall–Kier alpha value is -1.63. The second-order valence-corrected chi connectivity index (χ2v) is 6.34. The third-order valence-corrected chi connectivity index (χ3v) is 4.90. The predicted octanol–water partition coefficient (Wildman–Crippen LogP) is 0.699. The minimum absolute atomic E-state index is 0.190. The molecule has 1 saturated heterocycles. The monoisotopic (exact) mass is 324 g/mol. The quantitative estimate of drug-likeness (QED) is 0.676. The molecule has 2 N–H and O–H groups in total. The lowest BCUT2D eigenvalue weighted by atomic mass is 9.82. The summed E-state index contributed by atoms with van der Waals surface area (Å²) in [5.74, 6) is -0.519. The Balaban J connectivity index is 1.83. The van der Waals surface area contributed by atoms with E-state index in [0.717, 1.165) is 43.8 Å². The van der Waals surface area contributed by atoms with Crippen molar-refractivity contribution in [3.05, 3.63) is 0 Å². The second kappa shape index (κ2) is 7.77. The molecule has 7 heteroatoms. The molecular weight excluding hydrogens is 296 g/mol. The summed E-state index contributed by atoms with van der Waals surface area (Å²) >= 11 is 0. The molecule has 1 aliphatic heterocycles. The molecule has 0 radical (unpaired) electrons. The smallest absolute Gasteiger partial charge is 0.325 e. The average molecular weight is 324 g/mol. The van der Waals surface area contributed by atoms with Gasteiger partial charge in [-0.05, 0) is 25.9 Å². The van der Waals surface area contributed by atoms with Crippen molar-refractivity contribution >= 4 is 17.8 Å². The third kappa shape index (κ3) is 4.02. The fourth-order valence-electron chi connectivity index (χ4n) is 3.41. The van der Waals surface area contributed by atoms with Gasteiger partial charge in [0.15, 0.2) is 0 Å². The van der Waals surface area contributed by atoms with Crippen LogP contribution in [0.4, 0.5) is 4.79 Å². The number of rotatable bonds is 7. The van der Waals surface area contributed by atoms with Crippen LogP contribution in [0.5, 0.6) is 0 Å². The number of nitrogens with one attached hydrogen (secondary N) is 2. The molecule has 2 aliphatic rings. The van der Waals surface area contributed by atoms with Crippen molar-refractivity contribution in [1.29, 1.82) is 0 Å². The van der Waals surface area contributed by atoms with Crippen molar-refractivity contribution in [1.82, 2.24) is 20.4 Å². The highest BCUT2D eigenvalue weighted by molar-refractivity contribution is 6.09. The number of hydrogen-bond acceptors (Lipinski definition) is 4. The Labute approximate surface area is 137 Å². The van der Waals surface area contributed by atoms with Crippen molar-refractivity contribution in [3.8, 4) is 0 Å². The van der Waals surface area contributed by atoms with Crippen LogP contribution in [0.2, 0.25) is 0 Å². The maximum Gasteiger partial charge on any atom is 0.325 e. The molecule has 23 heavy (non-hydrogen) atoms. The highest BCUT2D eigenvalue weighted by Crippen LogP contribution is 2.33.